The van der Waals surface area contributed by atoms with E-state index in [1.165, 1.54) is 6.33 Å². The number of nitriles is 1. The lowest BCUT2D eigenvalue weighted by atomic mass is 10.2. The van der Waals surface area contributed by atoms with E-state index in [9.17, 15) is 4.79 Å². The first-order chi connectivity index (χ1) is 9.67. The van der Waals surface area contributed by atoms with Crippen molar-refractivity contribution in [2.45, 2.75) is 0 Å². The number of hydrogen-bond acceptors (Lipinski definition) is 6. The molecule has 0 aliphatic heterocycles. The van der Waals surface area contributed by atoms with Gasteiger partial charge in [-0.15, -0.1) is 0 Å². The van der Waals surface area contributed by atoms with Crippen molar-refractivity contribution in [2.75, 3.05) is 17.2 Å². The third-order valence-electron chi connectivity index (χ3n) is 2.35. The Labute approximate surface area is 114 Å². The molecule has 7 nitrogen and oxygen atoms in total. The number of aliphatic carboxylic acids is 1. The highest BCUT2D eigenvalue weighted by Crippen LogP contribution is 2.17. The number of carbonyl (C=O) groups is 1. The lowest BCUT2D eigenvalue weighted by molar-refractivity contribution is -0.134. The zero-order valence-electron chi connectivity index (χ0n) is 10.4. The van der Waals surface area contributed by atoms with Crippen LogP contribution in [0.3, 0.4) is 0 Å². The number of aromatic nitrogens is 2. The summed E-state index contributed by atoms with van der Waals surface area (Å²) >= 11 is 0. The Kier molecular flexibility index (Phi) is 4.09. The summed E-state index contributed by atoms with van der Waals surface area (Å²) in [5, 5.41) is 23.1. The number of nitrogens with zero attached hydrogens (tertiary/aromatic N) is 3. The molecule has 0 radical (unpaired) electrons. The minimum Gasteiger partial charge on any atom is -0.480 e. The zero-order chi connectivity index (χ0) is 14.4. The predicted octanol–water partition coefficient (Wildman–Crippen LogP) is 1.59. The third kappa shape index (κ3) is 3.68. The highest BCUT2D eigenvalue weighted by Gasteiger charge is 2.02. The van der Waals surface area contributed by atoms with Crippen LogP contribution in [0.2, 0.25) is 0 Å². The Hall–Kier alpha value is -3.14. The van der Waals surface area contributed by atoms with E-state index in [4.69, 9.17) is 10.4 Å². The fourth-order valence-electron chi connectivity index (χ4n) is 1.50. The van der Waals surface area contributed by atoms with Crippen LogP contribution in [-0.2, 0) is 4.79 Å². The van der Waals surface area contributed by atoms with Gasteiger partial charge in [0.25, 0.3) is 0 Å². The molecule has 2 aromatic rings. The molecule has 1 aromatic heterocycles. The molecular formula is C13H11N5O2. The van der Waals surface area contributed by atoms with Crippen LogP contribution in [-0.4, -0.2) is 27.6 Å². The molecule has 0 atom stereocenters. The van der Waals surface area contributed by atoms with Gasteiger partial charge in [-0.2, -0.15) is 5.26 Å². The van der Waals surface area contributed by atoms with Crippen molar-refractivity contribution >= 4 is 23.3 Å². The zero-order valence-corrected chi connectivity index (χ0v) is 10.4. The summed E-state index contributed by atoms with van der Waals surface area (Å²) in [6.45, 7) is -0.222. The van der Waals surface area contributed by atoms with Crippen molar-refractivity contribution in [1.82, 2.24) is 9.97 Å². The van der Waals surface area contributed by atoms with Crippen molar-refractivity contribution in [1.29, 1.82) is 5.26 Å². The fourth-order valence-corrected chi connectivity index (χ4v) is 1.50. The Morgan fingerprint density at radius 3 is 2.85 bits per heavy atom. The van der Waals surface area contributed by atoms with Crippen LogP contribution in [0.1, 0.15) is 5.56 Å². The van der Waals surface area contributed by atoms with Crippen LogP contribution in [0, 0.1) is 11.3 Å². The molecule has 0 fully saturated rings. The monoisotopic (exact) mass is 269 g/mol. The second-order valence-corrected chi connectivity index (χ2v) is 3.85. The fraction of sp³-hybridized carbons (Fsp3) is 0.0769. The summed E-state index contributed by atoms with van der Waals surface area (Å²) in [5.74, 6) is -0.0656. The van der Waals surface area contributed by atoms with E-state index in [1.54, 1.807) is 30.3 Å². The van der Waals surface area contributed by atoms with Gasteiger partial charge in [-0.25, -0.2) is 9.97 Å². The maximum Gasteiger partial charge on any atom is 0.322 e. The Morgan fingerprint density at radius 1 is 1.30 bits per heavy atom. The van der Waals surface area contributed by atoms with Gasteiger partial charge in [-0.3, -0.25) is 4.79 Å². The van der Waals surface area contributed by atoms with E-state index in [2.05, 4.69) is 20.6 Å². The molecule has 0 amide bonds. The number of benzene rings is 1. The standard InChI is InChI=1S/C13H11N5O2/c14-6-9-2-1-3-10(4-9)18-12-5-11(16-8-17-12)15-7-13(19)20/h1-5,8H,7H2,(H,19,20)(H2,15,16,17,18). The number of nitrogens with one attached hydrogen (secondary N) is 2. The quantitative estimate of drug-likeness (QED) is 0.755. The van der Waals surface area contributed by atoms with E-state index in [0.717, 1.165) is 0 Å². The topological polar surface area (TPSA) is 111 Å². The second kappa shape index (κ2) is 6.15. The third-order valence-corrected chi connectivity index (χ3v) is 2.35. The van der Waals surface area contributed by atoms with Crippen molar-refractivity contribution in [3.8, 4) is 6.07 Å². The van der Waals surface area contributed by atoms with Crippen LogP contribution in [0.5, 0.6) is 0 Å². The Morgan fingerprint density at radius 2 is 2.10 bits per heavy atom. The molecule has 0 bridgehead atoms. The van der Waals surface area contributed by atoms with Crippen LogP contribution in [0.25, 0.3) is 0 Å². The molecule has 0 aliphatic carbocycles. The molecule has 1 aromatic carbocycles. The highest BCUT2D eigenvalue weighted by atomic mass is 16.4. The average molecular weight is 269 g/mol. The molecule has 1 heterocycles. The largest absolute Gasteiger partial charge is 0.480 e. The SMILES string of the molecule is N#Cc1cccc(Nc2cc(NCC(=O)O)ncn2)c1. The first kappa shape index (κ1) is 13.3. The van der Waals surface area contributed by atoms with Crippen molar-refractivity contribution in [3.63, 3.8) is 0 Å². The lowest BCUT2D eigenvalue weighted by Gasteiger charge is -2.07. The van der Waals surface area contributed by atoms with Gasteiger partial charge in [0.15, 0.2) is 0 Å². The van der Waals surface area contributed by atoms with Gasteiger partial charge in [0, 0.05) is 11.8 Å². The van der Waals surface area contributed by atoms with E-state index >= 15 is 0 Å². The van der Waals surface area contributed by atoms with E-state index in [1.807, 2.05) is 6.07 Å². The summed E-state index contributed by atoms with van der Waals surface area (Å²) in [6, 6.07) is 10.6. The molecule has 7 heteroatoms. The Bertz CT molecular complexity index is 666. The predicted molar refractivity (Wildman–Crippen MR) is 72.6 cm³/mol. The van der Waals surface area contributed by atoms with E-state index < -0.39 is 5.97 Å². The van der Waals surface area contributed by atoms with Crippen molar-refractivity contribution in [3.05, 3.63) is 42.2 Å². The molecular weight excluding hydrogens is 258 g/mol. The number of carboxylic acids is 1. The van der Waals surface area contributed by atoms with E-state index in [-0.39, 0.29) is 6.54 Å². The smallest absolute Gasteiger partial charge is 0.322 e. The van der Waals surface area contributed by atoms with Crippen LogP contribution in [0.4, 0.5) is 17.3 Å². The molecule has 3 N–H and O–H groups in total. The molecule has 100 valence electrons. The van der Waals surface area contributed by atoms with E-state index in [0.29, 0.717) is 22.9 Å². The lowest BCUT2D eigenvalue weighted by Crippen LogP contribution is -2.13. The van der Waals surface area contributed by atoms with Crippen molar-refractivity contribution < 1.29 is 9.90 Å². The molecule has 0 unspecified atom stereocenters. The Balaban J connectivity index is 2.11. The minimum absolute atomic E-state index is 0.222. The van der Waals surface area contributed by atoms with Gasteiger partial charge in [0.05, 0.1) is 11.6 Å². The minimum atomic E-state index is -0.972. The van der Waals surface area contributed by atoms with Gasteiger partial charge in [-0.1, -0.05) is 6.07 Å². The highest BCUT2D eigenvalue weighted by molar-refractivity contribution is 5.72. The summed E-state index contributed by atoms with van der Waals surface area (Å²) in [7, 11) is 0. The second-order valence-electron chi connectivity index (χ2n) is 3.85. The molecule has 0 aliphatic rings. The average Bonchev–Trinajstić information content (AvgIpc) is 2.46. The first-order valence-corrected chi connectivity index (χ1v) is 5.72. The van der Waals surface area contributed by atoms with Gasteiger partial charge >= 0.3 is 5.97 Å². The summed E-state index contributed by atoms with van der Waals surface area (Å²) in [4.78, 5) is 18.4. The molecule has 0 saturated heterocycles. The van der Waals surface area contributed by atoms with Gasteiger partial charge in [0.1, 0.15) is 24.5 Å². The summed E-state index contributed by atoms with van der Waals surface area (Å²) in [5.41, 5.74) is 1.25. The summed E-state index contributed by atoms with van der Waals surface area (Å²) < 4.78 is 0. The van der Waals surface area contributed by atoms with Crippen LogP contribution in [0.15, 0.2) is 36.7 Å². The number of rotatable bonds is 5. The first-order valence-electron chi connectivity index (χ1n) is 5.72. The van der Waals surface area contributed by atoms with Gasteiger partial charge in [0.2, 0.25) is 0 Å². The summed E-state index contributed by atoms with van der Waals surface area (Å²) in [6.07, 6.45) is 1.32. The van der Waals surface area contributed by atoms with Crippen LogP contribution < -0.4 is 10.6 Å². The number of hydrogen-bond donors (Lipinski definition) is 3. The maximum absolute atomic E-state index is 10.5. The molecule has 2 rings (SSSR count). The molecule has 0 saturated carbocycles. The van der Waals surface area contributed by atoms with Crippen molar-refractivity contribution in [2.24, 2.45) is 0 Å². The molecule has 20 heavy (non-hydrogen) atoms. The van der Waals surface area contributed by atoms with Gasteiger partial charge in [-0.05, 0) is 18.2 Å². The number of carboxylic acid groups (broad SMARTS) is 1. The molecule has 0 spiro atoms. The number of anilines is 3. The van der Waals surface area contributed by atoms with Gasteiger partial charge < -0.3 is 15.7 Å². The normalized spacial score (nSPS) is 9.55. The maximum atomic E-state index is 10.5. The van der Waals surface area contributed by atoms with Crippen LogP contribution >= 0.6 is 0 Å².